The molecule has 3 unspecified atom stereocenters. The molecule has 2 aliphatic rings. The molecule has 27 heavy (non-hydrogen) atoms. The molecule has 3 atom stereocenters. The van der Waals surface area contributed by atoms with Gasteiger partial charge < -0.3 is 10.2 Å². The number of hydrogen-bond acceptors (Lipinski definition) is 2. The lowest BCUT2D eigenvalue weighted by molar-refractivity contribution is -0.122. The molecular weight excluding hydrogens is 379 g/mol. The highest BCUT2D eigenvalue weighted by atomic mass is 35.5. The first-order valence-electron chi connectivity index (χ1n) is 9.56. The van der Waals surface area contributed by atoms with Crippen molar-refractivity contribution in [3.05, 3.63) is 63.6 Å². The van der Waals surface area contributed by atoms with Gasteiger partial charge in [-0.15, -0.1) is 0 Å². The molecule has 3 nitrogen and oxygen atoms in total. The summed E-state index contributed by atoms with van der Waals surface area (Å²) in [6.45, 7) is 4.82. The van der Waals surface area contributed by atoms with E-state index in [1.54, 1.807) is 0 Å². The number of rotatable bonds is 5. The number of amides is 1. The third kappa shape index (κ3) is 4.09. The fourth-order valence-electron chi connectivity index (χ4n) is 4.12. The number of halogens is 2. The average molecular weight is 403 g/mol. The van der Waals surface area contributed by atoms with Crippen LogP contribution in [0.25, 0.3) is 0 Å². The van der Waals surface area contributed by atoms with Gasteiger partial charge in [0.25, 0.3) is 0 Å². The van der Waals surface area contributed by atoms with Gasteiger partial charge in [0.2, 0.25) is 5.91 Å². The molecule has 2 aromatic carbocycles. The summed E-state index contributed by atoms with van der Waals surface area (Å²) in [5.74, 6) is 0.979. The van der Waals surface area contributed by atoms with E-state index in [1.165, 1.54) is 11.3 Å². The number of nitrogens with zero attached hydrogens (tertiary/aromatic N) is 1. The summed E-state index contributed by atoms with van der Waals surface area (Å²) in [7, 11) is 0. The topological polar surface area (TPSA) is 32.3 Å². The molecule has 0 spiro atoms. The van der Waals surface area contributed by atoms with E-state index in [0.29, 0.717) is 5.92 Å². The maximum absolute atomic E-state index is 12.5. The number of carbonyl (C=O) groups is 1. The average Bonchev–Trinajstić information content (AvgIpc) is 3.31. The third-order valence-corrected chi connectivity index (χ3v) is 6.37. The molecule has 1 heterocycles. The zero-order chi connectivity index (χ0) is 19.0. The summed E-state index contributed by atoms with van der Waals surface area (Å²) < 4.78 is 0. The molecule has 1 saturated carbocycles. The van der Waals surface area contributed by atoms with E-state index in [1.807, 2.05) is 36.4 Å². The fourth-order valence-corrected chi connectivity index (χ4v) is 4.56. The lowest BCUT2D eigenvalue weighted by Crippen LogP contribution is -2.32. The van der Waals surface area contributed by atoms with Gasteiger partial charge in [-0.1, -0.05) is 47.5 Å². The van der Waals surface area contributed by atoms with Gasteiger partial charge in [-0.2, -0.15) is 0 Å². The number of carbonyl (C=O) groups excluding carboxylic acids is 1. The zero-order valence-corrected chi connectivity index (χ0v) is 16.9. The van der Waals surface area contributed by atoms with Gasteiger partial charge in [0.15, 0.2) is 0 Å². The summed E-state index contributed by atoms with van der Waals surface area (Å²) in [6, 6.07) is 13.9. The van der Waals surface area contributed by atoms with Crippen LogP contribution in [0.3, 0.4) is 0 Å². The summed E-state index contributed by atoms with van der Waals surface area (Å²) in [5, 5.41) is 4.70. The van der Waals surface area contributed by atoms with Crippen molar-refractivity contribution < 1.29 is 4.79 Å². The molecular formula is C22H24Cl2N2O. The van der Waals surface area contributed by atoms with E-state index in [-0.39, 0.29) is 17.7 Å². The van der Waals surface area contributed by atoms with E-state index < -0.39 is 0 Å². The van der Waals surface area contributed by atoms with Crippen LogP contribution in [0.2, 0.25) is 10.0 Å². The lowest BCUT2D eigenvalue weighted by atomic mass is 10.1. The molecule has 0 bridgehead atoms. The normalized spacial score (nSPS) is 24.1. The maximum atomic E-state index is 12.5. The minimum atomic E-state index is 0.0672. The molecule has 1 aliphatic heterocycles. The Kier molecular flexibility index (Phi) is 5.34. The molecule has 2 fully saturated rings. The van der Waals surface area contributed by atoms with Gasteiger partial charge in [0.1, 0.15) is 0 Å². The first-order valence-corrected chi connectivity index (χ1v) is 10.3. The molecule has 4 rings (SSSR count). The predicted molar refractivity (Wildman–Crippen MR) is 112 cm³/mol. The molecule has 1 aliphatic carbocycles. The Morgan fingerprint density at radius 3 is 2.85 bits per heavy atom. The van der Waals surface area contributed by atoms with Gasteiger partial charge in [0.05, 0.1) is 0 Å². The highest BCUT2D eigenvalue weighted by Gasteiger charge is 2.44. The predicted octanol–water partition coefficient (Wildman–Crippen LogP) is 5.05. The minimum absolute atomic E-state index is 0.0672. The van der Waals surface area contributed by atoms with Crippen LogP contribution in [0.4, 0.5) is 5.69 Å². The summed E-state index contributed by atoms with van der Waals surface area (Å²) >= 11 is 12.4. The van der Waals surface area contributed by atoms with Crippen molar-refractivity contribution in [2.45, 2.75) is 25.7 Å². The number of anilines is 1. The quantitative estimate of drug-likeness (QED) is 0.758. The van der Waals surface area contributed by atoms with E-state index >= 15 is 0 Å². The standard InChI is InChI=1S/C22H24Cl2N2O/c1-14-6-7-16(23)10-21(14)26-9-8-15(13-26)12-25-22(27)19-11-18(19)17-4-2-3-5-20(17)24/h2-7,10,15,18-19H,8-9,11-13H2,1H3,(H,25,27). The van der Waals surface area contributed by atoms with Gasteiger partial charge in [-0.05, 0) is 60.9 Å². The number of nitrogens with one attached hydrogen (secondary N) is 1. The Morgan fingerprint density at radius 1 is 1.22 bits per heavy atom. The van der Waals surface area contributed by atoms with Crippen molar-refractivity contribution in [1.29, 1.82) is 0 Å². The largest absolute Gasteiger partial charge is 0.371 e. The summed E-state index contributed by atoms with van der Waals surface area (Å²) in [6.07, 6.45) is 1.99. The van der Waals surface area contributed by atoms with E-state index in [0.717, 1.165) is 48.1 Å². The van der Waals surface area contributed by atoms with Crippen molar-refractivity contribution in [2.24, 2.45) is 11.8 Å². The summed E-state index contributed by atoms with van der Waals surface area (Å²) in [5.41, 5.74) is 3.55. The van der Waals surface area contributed by atoms with Crippen LogP contribution in [0.15, 0.2) is 42.5 Å². The van der Waals surface area contributed by atoms with Crippen LogP contribution in [-0.4, -0.2) is 25.5 Å². The first kappa shape index (κ1) is 18.6. The van der Waals surface area contributed by atoms with Crippen LogP contribution < -0.4 is 10.2 Å². The third-order valence-electron chi connectivity index (χ3n) is 5.79. The molecule has 2 aromatic rings. The number of hydrogen-bond donors (Lipinski definition) is 1. The molecule has 1 saturated heterocycles. The maximum Gasteiger partial charge on any atom is 0.223 e. The summed E-state index contributed by atoms with van der Waals surface area (Å²) in [4.78, 5) is 14.9. The monoisotopic (exact) mass is 402 g/mol. The van der Waals surface area contributed by atoms with Crippen LogP contribution in [-0.2, 0) is 4.79 Å². The van der Waals surface area contributed by atoms with E-state index in [9.17, 15) is 4.79 Å². The molecule has 0 radical (unpaired) electrons. The second-order valence-corrected chi connectivity index (χ2v) is 8.59. The van der Waals surface area contributed by atoms with Crippen molar-refractivity contribution in [2.75, 3.05) is 24.5 Å². The van der Waals surface area contributed by atoms with Crippen LogP contribution in [0.1, 0.15) is 29.9 Å². The number of aryl methyl sites for hydroxylation is 1. The van der Waals surface area contributed by atoms with E-state index in [4.69, 9.17) is 23.2 Å². The Morgan fingerprint density at radius 2 is 2.04 bits per heavy atom. The van der Waals surface area contributed by atoms with Crippen molar-refractivity contribution in [3.8, 4) is 0 Å². The molecule has 1 amide bonds. The van der Waals surface area contributed by atoms with E-state index in [2.05, 4.69) is 23.2 Å². The van der Waals surface area contributed by atoms with Gasteiger partial charge in [-0.3, -0.25) is 4.79 Å². The fraction of sp³-hybridized carbons (Fsp3) is 0.409. The Labute approximate surface area is 170 Å². The smallest absolute Gasteiger partial charge is 0.223 e. The zero-order valence-electron chi connectivity index (χ0n) is 15.4. The first-order chi connectivity index (χ1) is 13.0. The lowest BCUT2D eigenvalue weighted by Gasteiger charge is -2.21. The molecule has 0 aromatic heterocycles. The minimum Gasteiger partial charge on any atom is -0.371 e. The molecule has 5 heteroatoms. The molecule has 1 N–H and O–H groups in total. The van der Waals surface area contributed by atoms with Crippen molar-refractivity contribution in [1.82, 2.24) is 5.32 Å². The van der Waals surface area contributed by atoms with Crippen LogP contribution in [0.5, 0.6) is 0 Å². The Hall–Kier alpha value is -1.71. The highest BCUT2D eigenvalue weighted by molar-refractivity contribution is 6.31. The Balaban J connectivity index is 1.28. The number of benzene rings is 2. The second kappa shape index (κ2) is 7.73. The SMILES string of the molecule is Cc1ccc(Cl)cc1N1CCC(CNC(=O)C2CC2c2ccccc2Cl)C1. The van der Waals surface area contributed by atoms with Crippen LogP contribution >= 0.6 is 23.2 Å². The second-order valence-electron chi connectivity index (χ2n) is 7.75. The van der Waals surface area contributed by atoms with Gasteiger partial charge >= 0.3 is 0 Å². The Bertz CT molecular complexity index is 854. The highest BCUT2D eigenvalue weighted by Crippen LogP contribution is 2.49. The molecule has 142 valence electrons. The van der Waals surface area contributed by atoms with Crippen LogP contribution in [0, 0.1) is 18.8 Å². The van der Waals surface area contributed by atoms with Gasteiger partial charge in [-0.25, -0.2) is 0 Å². The van der Waals surface area contributed by atoms with Crippen molar-refractivity contribution in [3.63, 3.8) is 0 Å². The van der Waals surface area contributed by atoms with Gasteiger partial charge in [0, 0.05) is 41.3 Å². The van der Waals surface area contributed by atoms with Crippen molar-refractivity contribution >= 4 is 34.8 Å².